The predicted molar refractivity (Wildman–Crippen MR) is 82.4 cm³/mol. The van der Waals surface area contributed by atoms with E-state index in [0.29, 0.717) is 12.6 Å². The highest BCUT2D eigenvalue weighted by molar-refractivity contribution is 5.27. The highest BCUT2D eigenvalue weighted by Gasteiger charge is 2.22. The van der Waals surface area contributed by atoms with Gasteiger partial charge in [-0.05, 0) is 43.4 Å². The molecule has 0 radical (unpaired) electrons. The summed E-state index contributed by atoms with van der Waals surface area (Å²) in [5, 5.41) is 3.50. The van der Waals surface area contributed by atoms with Crippen LogP contribution >= 0.6 is 0 Å². The molecule has 2 rings (SSSR count). The zero-order chi connectivity index (χ0) is 14.2. The molecule has 0 aromatic heterocycles. The van der Waals surface area contributed by atoms with Gasteiger partial charge in [0.1, 0.15) is 11.9 Å². The zero-order valence-corrected chi connectivity index (χ0v) is 12.7. The Balaban J connectivity index is 1.81. The molecule has 0 saturated heterocycles. The van der Waals surface area contributed by atoms with Crippen LogP contribution in [0.4, 0.5) is 0 Å². The van der Waals surface area contributed by atoms with Gasteiger partial charge in [-0.25, -0.2) is 0 Å². The molecule has 1 N–H and O–H groups in total. The van der Waals surface area contributed by atoms with Crippen molar-refractivity contribution in [3.8, 4) is 5.75 Å². The first-order valence-electron chi connectivity index (χ1n) is 7.79. The molecule has 3 nitrogen and oxygen atoms in total. The van der Waals surface area contributed by atoms with Crippen molar-refractivity contribution in [2.75, 3.05) is 20.3 Å². The second-order valence-electron chi connectivity index (χ2n) is 5.63. The number of hydrogen-bond acceptors (Lipinski definition) is 3. The standard InChI is InChI=1S/C17H27NO2/c1-3-4-5-14-6-10-16(11-7-14)20-17(13-19-2)12-18-15-8-9-15/h6-7,10-11,15,17-18H,3-5,8-9,12-13H2,1-2H3. The first kappa shape index (κ1) is 15.3. The molecule has 1 aromatic carbocycles. The van der Waals surface area contributed by atoms with E-state index in [1.54, 1.807) is 7.11 Å². The number of rotatable bonds is 10. The fourth-order valence-electron chi connectivity index (χ4n) is 2.21. The van der Waals surface area contributed by atoms with E-state index in [1.165, 1.54) is 31.2 Å². The summed E-state index contributed by atoms with van der Waals surface area (Å²) < 4.78 is 11.2. The summed E-state index contributed by atoms with van der Waals surface area (Å²) in [4.78, 5) is 0. The van der Waals surface area contributed by atoms with Crippen LogP contribution in [0.2, 0.25) is 0 Å². The third-order valence-corrected chi connectivity index (χ3v) is 3.61. The van der Waals surface area contributed by atoms with E-state index in [4.69, 9.17) is 9.47 Å². The Labute approximate surface area is 122 Å². The molecule has 112 valence electrons. The smallest absolute Gasteiger partial charge is 0.134 e. The molecule has 20 heavy (non-hydrogen) atoms. The Morgan fingerprint density at radius 2 is 2.00 bits per heavy atom. The van der Waals surface area contributed by atoms with Crippen LogP contribution in [0.25, 0.3) is 0 Å². The summed E-state index contributed by atoms with van der Waals surface area (Å²) >= 11 is 0. The number of methoxy groups -OCH3 is 1. The van der Waals surface area contributed by atoms with Gasteiger partial charge < -0.3 is 14.8 Å². The molecular weight excluding hydrogens is 250 g/mol. The van der Waals surface area contributed by atoms with Crippen molar-refractivity contribution in [3.63, 3.8) is 0 Å². The number of aryl methyl sites for hydroxylation is 1. The molecule has 3 heteroatoms. The molecule has 1 aromatic rings. The average Bonchev–Trinajstić information content (AvgIpc) is 3.28. The summed E-state index contributed by atoms with van der Waals surface area (Å²) in [7, 11) is 1.72. The monoisotopic (exact) mass is 277 g/mol. The first-order valence-corrected chi connectivity index (χ1v) is 7.79. The van der Waals surface area contributed by atoms with Gasteiger partial charge in [0.15, 0.2) is 0 Å². The number of hydrogen-bond donors (Lipinski definition) is 1. The maximum Gasteiger partial charge on any atom is 0.134 e. The quantitative estimate of drug-likeness (QED) is 0.712. The predicted octanol–water partition coefficient (Wildman–Crippen LogP) is 3.18. The van der Waals surface area contributed by atoms with Gasteiger partial charge in [-0.15, -0.1) is 0 Å². The van der Waals surface area contributed by atoms with Crippen LogP contribution in [0.3, 0.4) is 0 Å². The summed E-state index contributed by atoms with van der Waals surface area (Å²) in [5.41, 5.74) is 1.39. The minimum atomic E-state index is 0.0853. The van der Waals surface area contributed by atoms with Crippen molar-refractivity contribution in [1.82, 2.24) is 5.32 Å². The second-order valence-corrected chi connectivity index (χ2v) is 5.63. The Bertz CT molecular complexity index is 373. The van der Waals surface area contributed by atoms with Crippen LogP contribution < -0.4 is 10.1 Å². The van der Waals surface area contributed by atoms with Crippen LogP contribution in [0.15, 0.2) is 24.3 Å². The molecule has 1 saturated carbocycles. The van der Waals surface area contributed by atoms with Gasteiger partial charge in [-0.2, -0.15) is 0 Å². The zero-order valence-electron chi connectivity index (χ0n) is 12.7. The van der Waals surface area contributed by atoms with Crippen LogP contribution in [0, 0.1) is 0 Å². The molecule has 1 aliphatic rings. The third-order valence-electron chi connectivity index (χ3n) is 3.61. The van der Waals surface area contributed by atoms with Crippen molar-refractivity contribution in [3.05, 3.63) is 29.8 Å². The maximum absolute atomic E-state index is 6.01. The normalized spacial score (nSPS) is 16.1. The Hall–Kier alpha value is -1.06. The van der Waals surface area contributed by atoms with Gasteiger partial charge in [0.05, 0.1) is 6.61 Å². The molecule has 1 atom stereocenters. The van der Waals surface area contributed by atoms with Crippen LogP contribution in [-0.4, -0.2) is 32.4 Å². The number of benzene rings is 1. The number of nitrogens with one attached hydrogen (secondary N) is 1. The van der Waals surface area contributed by atoms with Crippen molar-refractivity contribution in [2.45, 2.75) is 51.2 Å². The van der Waals surface area contributed by atoms with E-state index in [0.717, 1.165) is 18.7 Å². The van der Waals surface area contributed by atoms with Crippen LogP contribution in [-0.2, 0) is 11.2 Å². The van der Waals surface area contributed by atoms with E-state index in [-0.39, 0.29) is 6.10 Å². The lowest BCUT2D eigenvalue weighted by Crippen LogP contribution is -2.35. The van der Waals surface area contributed by atoms with Gasteiger partial charge in [-0.1, -0.05) is 25.5 Å². The Kier molecular flexibility index (Phi) is 6.34. The fraction of sp³-hybridized carbons (Fsp3) is 0.647. The molecule has 1 fully saturated rings. The van der Waals surface area contributed by atoms with Crippen molar-refractivity contribution >= 4 is 0 Å². The van der Waals surface area contributed by atoms with Crippen molar-refractivity contribution in [2.24, 2.45) is 0 Å². The number of ether oxygens (including phenoxy) is 2. The molecule has 0 aliphatic heterocycles. The van der Waals surface area contributed by atoms with Gasteiger partial charge >= 0.3 is 0 Å². The molecule has 1 aliphatic carbocycles. The van der Waals surface area contributed by atoms with Gasteiger partial charge in [0, 0.05) is 19.7 Å². The van der Waals surface area contributed by atoms with E-state index >= 15 is 0 Å². The molecular formula is C17H27NO2. The summed E-state index contributed by atoms with van der Waals surface area (Å²) in [6.45, 7) is 3.70. The third kappa shape index (κ3) is 5.51. The highest BCUT2D eigenvalue weighted by Crippen LogP contribution is 2.19. The maximum atomic E-state index is 6.01. The van der Waals surface area contributed by atoms with Crippen molar-refractivity contribution in [1.29, 1.82) is 0 Å². The topological polar surface area (TPSA) is 30.5 Å². The van der Waals surface area contributed by atoms with Gasteiger partial charge in [0.25, 0.3) is 0 Å². The minimum Gasteiger partial charge on any atom is -0.487 e. The van der Waals surface area contributed by atoms with Gasteiger partial charge in [-0.3, -0.25) is 0 Å². The van der Waals surface area contributed by atoms with E-state index in [9.17, 15) is 0 Å². The second kappa shape index (κ2) is 8.28. The van der Waals surface area contributed by atoms with Crippen molar-refractivity contribution < 1.29 is 9.47 Å². The van der Waals surface area contributed by atoms with E-state index in [2.05, 4.69) is 36.5 Å². The molecule has 0 heterocycles. The fourth-order valence-corrected chi connectivity index (χ4v) is 2.21. The lowest BCUT2D eigenvalue weighted by Gasteiger charge is -2.19. The highest BCUT2D eigenvalue weighted by atomic mass is 16.5. The van der Waals surface area contributed by atoms with E-state index in [1.807, 2.05) is 0 Å². The Morgan fingerprint density at radius 1 is 1.25 bits per heavy atom. The molecule has 0 bridgehead atoms. The largest absolute Gasteiger partial charge is 0.487 e. The summed E-state index contributed by atoms with van der Waals surface area (Å²) in [5.74, 6) is 0.935. The minimum absolute atomic E-state index is 0.0853. The first-order chi connectivity index (χ1) is 9.81. The summed E-state index contributed by atoms with van der Waals surface area (Å²) in [6.07, 6.45) is 6.32. The lowest BCUT2D eigenvalue weighted by atomic mass is 10.1. The van der Waals surface area contributed by atoms with Gasteiger partial charge in [0.2, 0.25) is 0 Å². The SMILES string of the molecule is CCCCc1ccc(OC(CNC2CC2)COC)cc1. The summed E-state index contributed by atoms with van der Waals surface area (Å²) in [6, 6.07) is 9.19. The van der Waals surface area contributed by atoms with E-state index < -0.39 is 0 Å². The Morgan fingerprint density at radius 3 is 2.60 bits per heavy atom. The van der Waals surface area contributed by atoms with Crippen LogP contribution in [0.1, 0.15) is 38.2 Å². The average molecular weight is 277 g/mol. The lowest BCUT2D eigenvalue weighted by molar-refractivity contribution is 0.0804. The molecule has 0 spiro atoms. The molecule has 0 amide bonds. The number of unbranched alkanes of at least 4 members (excludes halogenated alkanes) is 1. The molecule has 1 unspecified atom stereocenters. The van der Waals surface area contributed by atoms with Crippen LogP contribution in [0.5, 0.6) is 5.75 Å².